The molecule has 1 N–H and O–H groups in total. The summed E-state index contributed by atoms with van der Waals surface area (Å²) in [6.07, 6.45) is 1.68. The van der Waals surface area contributed by atoms with E-state index in [-0.39, 0.29) is 5.56 Å². The average Bonchev–Trinajstić information content (AvgIpc) is 2.87. The Morgan fingerprint density at radius 1 is 1.11 bits per heavy atom. The standard InChI is InChI=1S/C12H7Br2N3O/c13-9-8-6-15-16-11(8)17(12(18)10(9)14)7-4-2-1-3-5-7/h1-6H,(H,15,16). The summed E-state index contributed by atoms with van der Waals surface area (Å²) in [4.78, 5) is 12.3. The number of fused-ring (bicyclic) bond motifs is 1. The first-order valence-electron chi connectivity index (χ1n) is 5.18. The van der Waals surface area contributed by atoms with E-state index < -0.39 is 0 Å². The Bertz CT molecular complexity index is 777. The number of hydrogen-bond acceptors (Lipinski definition) is 2. The Kier molecular flexibility index (Phi) is 2.83. The fourth-order valence-electron chi connectivity index (χ4n) is 1.85. The molecule has 2 heterocycles. The molecule has 0 spiro atoms. The van der Waals surface area contributed by atoms with Crippen LogP contribution in [-0.2, 0) is 0 Å². The van der Waals surface area contributed by atoms with Crippen molar-refractivity contribution in [1.29, 1.82) is 0 Å². The zero-order valence-electron chi connectivity index (χ0n) is 9.02. The van der Waals surface area contributed by atoms with Crippen molar-refractivity contribution in [3.63, 3.8) is 0 Å². The quantitative estimate of drug-likeness (QED) is 0.716. The summed E-state index contributed by atoms with van der Waals surface area (Å²) < 4.78 is 2.79. The van der Waals surface area contributed by atoms with Crippen molar-refractivity contribution in [2.45, 2.75) is 0 Å². The van der Waals surface area contributed by atoms with Gasteiger partial charge in [-0.15, -0.1) is 0 Å². The van der Waals surface area contributed by atoms with Gasteiger partial charge in [0.25, 0.3) is 5.56 Å². The van der Waals surface area contributed by atoms with Crippen LogP contribution in [0.3, 0.4) is 0 Å². The minimum Gasteiger partial charge on any atom is -0.268 e. The van der Waals surface area contributed by atoms with E-state index in [0.717, 1.165) is 11.1 Å². The van der Waals surface area contributed by atoms with Crippen molar-refractivity contribution in [3.8, 4) is 5.69 Å². The van der Waals surface area contributed by atoms with Gasteiger partial charge in [0.1, 0.15) is 5.65 Å². The molecule has 0 atom stereocenters. The van der Waals surface area contributed by atoms with E-state index in [2.05, 4.69) is 42.1 Å². The normalized spacial score (nSPS) is 11.0. The van der Waals surface area contributed by atoms with Crippen LogP contribution < -0.4 is 5.56 Å². The molecule has 6 heteroatoms. The lowest BCUT2D eigenvalue weighted by Crippen LogP contribution is -2.20. The van der Waals surface area contributed by atoms with Crippen molar-refractivity contribution < 1.29 is 0 Å². The SMILES string of the molecule is O=c1c(Br)c(Br)c2cn[nH]c2n1-c1ccccc1. The highest BCUT2D eigenvalue weighted by molar-refractivity contribution is 9.13. The molecule has 3 rings (SSSR count). The van der Waals surface area contributed by atoms with Crippen LogP contribution in [0.1, 0.15) is 0 Å². The fraction of sp³-hybridized carbons (Fsp3) is 0. The van der Waals surface area contributed by atoms with Gasteiger partial charge in [-0.2, -0.15) is 5.10 Å². The molecule has 1 aromatic carbocycles. The van der Waals surface area contributed by atoms with Crippen LogP contribution in [0.15, 0.2) is 50.3 Å². The molecule has 0 aliphatic rings. The van der Waals surface area contributed by atoms with Crippen LogP contribution in [0.2, 0.25) is 0 Å². The van der Waals surface area contributed by atoms with Crippen LogP contribution in [0, 0.1) is 0 Å². The lowest BCUT2D eigenvalue weighted by Gasteiger charge is -2.09. The number of H-pyrrole nitrogens is 1. The van der Waals surface area contributed by atoms with E-state index >= 15 is 0 Å². The van der Waals surface area contributed by atoms with Gasteiger partial charge in [0.05, 0.1) is 21.7 Å². The smallest absolute Gasteiger partial charge is 0.268 e. The topological polar surface area (TPSA) is 50.7 Å². The van der Waals surface area contributed by atoms with Crippen LogP contribution in [0.25, 0.3) is 16.7 Å². The van der Waals surface area contributed by atoms with Crippen molar-refractivity contribution in [2.24, 2.45) is 0 Å². The fourth-order valence-corrected chi connectivity index (χ4v) is 2.70. The molecule has 90 valence electrons. The summed E-state index contributed by atoms with van der Waals surface area (Å²) in [7, 11) is 0. The molecule has 0 fully saturated rings. The number of aromatic amines is 1. The minimum atomic E-state index is -0.134. The van der Waals surface area contributed by atoms with Gasteiger partial charge < -0.3 is 0 Å². The van der Waals surface area contributed by atoms with Crippen molar-refractivity contribution in [2.75, 3.05) is 0 Å². The zero-order valence-corrected chi connectivity index (χ0v) is 12.2. The summed E-state index contributed by atoms with van der Waals surface area (Å²) in [6, 6.07) is 9.44. The first kappa shape index (κ1) is 11.7. The molecule has 0 bridgehead atoms. The second kappa shape index (κ2) is 4.37. The van der Waals surface area contributed by atoms with E-state index in [1.165, 1.54) is 0 Å². The van der Waals surface area contributed by atoms with Gasteiger partial charge in [-0.3, -0.25) is 14.5 Å². The molecule has 2 aromatic heterocycles. The summed E-state index contributed by atoms with van der Waals surface area (Å²) in [6.45, 7) is 0. The minimum absolute atomic E-state index is 0.134. The van der Waals surface area contributed by atoms with Crippen molar-refractivity contribution >= 4 is 42.9 Å². The highest BCUT2D eigenvalue weighted by Gasteiger charge is 2.15. The first-order valence-corrected chi connectivity index (χ1v) is 6.77. The van der Waals surface area contributed by atoms with E-state index in [9.17, 15) is 4.79 Å². The van der Waals surface area contributed by atoms with Gasteiger partial charge in [0, 0.05) is 4.47 Å². The highest BCUT2D eigenvalue weighted by atomic mass is 79.9. The monoisotopic (exact) mass is 367 g/mol. The highest BCUT2D eigenvalue weighted by Crippen LogP contribution is 2.28. The maximum atomic E-state index is 12.3. The van der Waals surface area contributed by atoms with Crippen molar-refractivity contribution in [3.05, 3.63) is 55.8 Å². The molecule has 4 nitrogen and oxygen atoms in total. The predicted octanol–water partition coefficient (Wildman–Crippen LogP) is 3.24. The third-order valence-corrected chi connectivity index (χ3v) is 4.77. The molecule has 18 heavy (non-hydrogen) atoms. The largest absolute Gasteiger partial charge is 0.272 e. The number of aromatic nitrogens is 3. The molecule has 3 aromatic rings. The van der Waals surface area contributed by atoms with Gasteiger partial charge >= 0.3 is 0 Å². The lowest BCUT2D eigenvalue weighted by molar-refractivity contribution is 0.981. The lowest BCUT2D eigenvalue weighted by atomic mass is 10.3. The third kappa shape index (κ3) is 1.64. The van der Waals surface area contributed by atoms with Crippen LogP contribution >= 0.6 is 31.9 Å². The van der Waals surface area contributed by atoms with Crippen LogP contribution in [0.5, 0.6) is 0 Å². The van der Waals surface area contributed by atoms with Crippen LogP contribution in [0.4, 0.5) is 0 Å². The van der Waals surface area contributed by atoms with Gasteiger partial charge in [-0.1, -0.05) is 18.2 Å². The van der Waals surface area contributed by atoms with Gasteiger partial charge in [-0.05, 0) is 44.0 Å². The molecule has 0 unspecified atom stereocenters. The Balaban J connectivity index is 2.50. The molecular weight excluding hydrogens is 362 g/mol. The number of nitrogens with zero attached hydrogens (tertiary/aromatic N) is 2. The Morgan fingerprint density at radius 2 is 1.83 bits per heavy atom. The molecule has 0 aliphatic carbocycles. The summed E-state index contributed by atoms with van der Waals surface area (Å²) >= 11 is 6.71. The van der Waals surface area contributed by atoms with E-state index in [4.69, 9.17) is 0 Å². The van der Waals surface area contributed by atoms with E-state index in [1.807, 2.05) is 30.3 Å². The van der Waals surface area contributed by atoms with Crippen LogP contribution in [-0.4, -0.2) is 14.8 Å². The van der Waals surface area contributed by atoms with E-state index in [1.54, 1.807) is 10.8 Å². The molecule has 0 amide bonds. The Morgan fingerprint density at radius 3 is 2.56 bits per heavy atom. The average molecular weight is 369 g/mol. The maximum absolute atomic E-state index is 12.3. The number of halogens is 2. The number of pyridine rings is 1. The Hall–Kier alpha value is -1.40. The Labute approximate surface area is 119 Å². The predicted molar refractivity (Wildman–Crippen MR) is 77.1 cm³/mol. The van der Waals surface area contributed by atoms with E-state index in [0.29, 0.717) is 14.6 Å². The molecule has 0 aliphatic heterocycles. The zero-order chi connectivity index (χ0) is 12.7. The number of para-hydroxylation sites is 1. The number of nitrogens with one attached hydrogen (secondary N) is 1. The number of benzene rings is 1. The van der Waals surface area contributed by atoms with Crippen molar-refractivity contribution in [1.82, 2.24) is 14.8 Å². The van der Waals surface area contributed by atoms with Gasteiger partial charge in [-0.25, -0.2) is 0 Å². The second-order valence-corrected chi connectivity index (χ2v) is 5.32. The summed E-state index contributed by atoms with van der Waals surface area (Å²) in [5, 5.41) is 7.70. The molecule has 0 saturated carbocycles. The number of rotatable bonds is 1. The molecule has 0 radical (unpaired) electrons. The molecule has 0 saturated heterocycles. The summed E-state index contributed by atoms with van der Waals surface area (Å²) in [5.74, 6) is 0. The number of hydrogen-bond donors (Lipinski definition) is 1. The van der Waals surface area contributed by atoms with Gasteiger partial charge in [0.15, 0.2) is 0 Å². The molecular formula is C12H7Br2N3O. The second-order valence-electron chi connectivity index (χ2n) is 3.74. The van der Waals surface area contributed by atoms with Gasteiger partial charge in [0.2, 0.25) is 0 Å². The third-order valence-electron chi connectivity index (χ3n) is 2.68. The first-order chi connectivity index (χ1) is 8.70. The summed E-state index contributed by atoms with van der Waals surface area (Å²) in [5.41, 5.74) is 1.33. The maximum Gasteiger partial charge on any atom is 0.272 e.